The highest BCUT2D eigenvalue weighted by atomic mass is 79.9. The fraction of sp³-hybridized carbons (Fsp3) is 0.739. The van der Waals surface area contributed by atoms with Crippen molar-refractivity contribution in [2.45, 2.75) is 71.4 Å². The molecule has 4 aliphatic carbocycles. The molecule has 150 valence electrons. The van der Waals surface area contributed by atoms with E-state index in [1.54, 1.807) is 7.11 Å². The van der Waals surface area contributed by atoms with Crippen LogP contribution >= 0.6 is 15.9 Å². The van der Waals surface area contributed by atoms with Gasteiger partial charge in [0.05, 0.1) is 13.7 Å². The molecule has 0 radical (unpaired) electrons. The predicted octanol–water partition coefficient (Wildman–Crippen LogP) is 5.94. The molecule has 0 aliphatic heterocycles. The molecule has 4 heteroatoms. The molecule has 4 aliphatic rings. The first-order chi connectivity index (χ1) is 13.0. The van der Waals surface area contributed by atoms with Crippen LogP contribution in [0.2, 0.25) is 0 Å². The van der Waals surface area contributed by atoms with Crippen LogP contribution in [0, 0.1) is 23.2 Å². The molecule has 4 fully saturated rings. The van der Waals surface area contributed by atoms with E-state index in [1.807, 2.05) is 6.07 Å². The van der Waals surface area contributed by atoms with E-state index in [0.29, 0.717) is 11.5 Å². The van der Waals surface area contributed by atoms with Crippen molar-refractivity contribution in [2.24, 2.45) is 23.2 Å². The Balaban J connectivity index is 1.49. The van der Waals surface area contributed by atoms with Crippen molar-refractivity contribution in [1.29, 1.82) is 0 Å². The second-order valence-corrected chi connectivity index (χ2v) is 10.2. The Morgan fingerprint density at radius 1 is 1.15 bits per heavy atom. The monoisotopic (exact) mass is 435 g/mol. The van der Waals surface area contributed by atoms with Crippen molar-refractivity contribution in [2.75, 3.05) is 13.7 Å². The van der Waals surface area contributed by atoms with Crippen molar-refractivity contribution < 1.29 is 9.47 Å². The van der Waals surface area contributed by atoms with Crippen LogP contribution in [0.15, 0.2) is 16.6 Å². The number of methoxy groups -OCH3 is 1. The van der Waals surface area contributed by atoms with Gasteiger partial charge in [0.1, 0.15) is 0 Å². The number of nitrogens with one attached hydrogen (secondary N) is 1. The van der Waals surface area contributed by atoms with Gasteiger partial charge in [0.25, 0.3) is 0 Å². The zero-order valence-electron chi connectivity index (χ0n) is 17.0. The molecule has 4 bridgehead atoms. The molecule has 1 aromatic carbocycles. The maximum Gasteiger partial charge on any atom is 0.165 e. The number of benzene rings is 1. The number of ether oxygens (including phenoxy) is 2. The van der Waals surface area contributed by atoms with Crippen LogP contribution in [0.4, 0.5) is 0 Å². The summed E-state index contributed by atoms with van der Waals surface area (Å²) in [5.74, 6) is 4.70. The van der Waals surface area contributed by atoms with Gasteiger partial charge in [0.15, 0.2) is 11.5 Å². The molecule has 0 saturated heterocycles. The Hall–Kier alpha value is -0.740. The topological polar surface area (TPSA) is 30.5 Å². The second kappa shape index (κ2) is 7.94. The third-order valence-electron chi connectivity index (χ3n) is 7.37. The zero-order chi connectivity index (χ0) is 19.0. The second-order valence-electron chi connectivity index (χ2n) is 9.33. The van der Waals surface area contributed by atoms with E-state index in [2.05, 4.69) is 41.2 Å². The summed E-state index contributed by atoms with van der Waals surface area (Å²) in [4.78, 5) is 0. The van der Waals surface area contributed by atoms with Crippen molar-refractivity contribution in [3.8, 4) is 11.5 Å². The first kappa shape index (κ1) is 19.6. The van der Waals surface area contributed by atoms with Crippen LogP contribution in [0.5, 0.6) is 11.5 Å². The SMILES string of the molecule is CCCOc1c(CNC(C)C23CC4CC(CC(C4)C2)C3)cc(Br)cc1OC. The van der Waals surface area contributed by atoms with Crippen LogP contribution in [-0.2, 0) is 6.54 Å². The van der Waals surface area contributed by atoms with Crippen molar-refractivity contribution in [1.82, 2.24) is 5.32 Å². The molecular weight excluding hydrogens is 402 g/mol. The average Bonchev–Trinajstić information content (AvgIpc) is 2.63. The van der Waals surface area contributed by atoms with Gasteiger partial charge in [-0.2, -0.15) is 0 Å². The van der Waals surface area contributed by atoms with Gasteiger partial charge in [-0.15, -0.1) is 0 Å². The van der Waals surface area contributed by atoms with Gasteiger partial charge in [-0.3, -0.25) is 0 Å². The highest BCUT2D eigenvalue weighted by molar-refractivity contribution is 9.10. The molecule has 0 spiro atoms. The molecule has 0 heterocycles. The lowest BCUT2D eigenvalue weighted by molar-refractivity contribution is -0.0706. The largest absolute Gasteiger partial charge is 0.493 e. The van der Waals surface area contributed by atoms with Crippen LogP contribution in [-0.4, -0.2) is 19.8 Å². The number of rotatable bonds is 8. The molecule has 27 heavy (non-hydrogen) atoms. The van der Waals surface area contributed by atoms with E-state index in [9.17, 15) is 0 Å². The molecule has 0 amide bonds. The Kier molecular flexibility index (Phi) is 5.76. The summed E-state index contributed by atoms with van der Waals surface area (Å²) >= 11 is 3.63. The van der Waals surface area contributed by atoms with E-state index in [0.717, 1.165) is 53.3 Å². The van der Waals surface area contributed by atoms with Crippen molar-refractivity contribution >= 4 is 15.9 Å². The zero-order valence-corrected chi connectivity index (χ0v) is 18.6. The predicted molar refractivity (Wildman–Crippen MR) is 113 cm³/mol. The lowest BCUT2D eigenvalue weighted by Crippen LogP contribution is -2.54. The quantitative estimate of drug-likeness (QED) is 0.547. The van der Waals surface area contributed by atoms with Crippen LogP contribution in [0.1, 0.15) is 64.4 Å². The fourth-order valence-electron chi connectivity index (χ4n) is 6.46. The van der Waals surface area contributed by atoms with Gasteiger partial charge in [0, 0.05) is 22.6 Å². The summed E-state index contributed by atoms with van der Waals surface area (Å²) in [7, 11) is 1.72. The fourth-order valence-corrected chi connectivity index (χ4v) is 6.95. The molecular formula is C23H34BrNO2. The minimum absolute atomic E-state index is 0.523. The molecule has 1 atom stereocenters. The number of hydrogen-bond acceptors (Lipinski definition) is 3. The minimum atomic E-state index is 0.523. The summed E-state index contributed by atoms with van der Waals surface area (Å²) < 4.78 is 12.7. The average molecular weight is 436 g/mol. The van der Waals surface area contributed by atoms with E-state index >= 15 is 0 Å². The molecule has 5 rings (SSSR count). The van der Waals surface area contributed by atoms with E-state index in [1.165, 1.54) is 44.1 Å². The van der Waals surface area contributed by atoms with Crippen LogP contribution in [0.25, 0.3) is 0 Å². The molecule has 1 aromatic rings. The number of halogens is 1. The molecule has 4 saturated carbocycles. The summed E-state index contributed by atoms with van der Waals surface area (Å²) in [5.41, 5.74) is 1.71. The van der Waals surface area contributed by atoms with Gasteiger partial charge in [-0.05, 0) is 87.2 Å². The minimum Gasteiger partial charge on any atom is -0.493 e. The standard InChI is InChI=1S/C23H34BrNO2/c1-4-5-27-22-19(9-20(24)10-21(22)26-3)14-25-15(2)23-11-16-6-17(12-23)8-18(7-16)13-23/h9-10,15-18,25H,4-8,11-14H2,1-3H3. The van der Waals surface area contributed by atoms with E-state index < -0.39 is 0 Å². The van der Waals surface area contributed by atoms with Gasteiger partial charge in [0.2, 0.25) is 0 Å². The highest BCUT2D eigenvalue weighted by Gasteiger charge is 2.52. The third-order valence-corrected chi connectivity index (χ3v) is 7.83. The summed E-state index contributed by atoms with van der Waals surface area (Å²) in [5, 5.41) is 3.89. The van der Waals surface area contributed by atoms with Gasteiger partial charge < -0.3 is 14.8 Å². The Morgan fingerprint density at radius 3 is 2.33 bits per heavy atom. The molecule has 1 N–H and O–H groups in total. The smallest absolute Gasteiger partial charge is 0.165 e. The summed E-state index contributed by atoms with van der Waals surface area (Å²) in [6, 6.07) is 4.72. The van der Waals surface area contributed by atoms with E-state index in [-0.39, 0.29) is 0 Å². The van der Waals surface area contributed by atoms with Gasteiger partial charge >= 0.3 is 0 Å². The first-order valence-corrected chi connectivity index (χ1v) is 11.5. The van der Waals surface area contributed by atoms with Crippen LogP contribution in [0.3, 0.4) is 0 Å². The Morgan fingerprint density at radius 2 is 1.78 bits per heavy atom. The van der Waals surface area contributed by atoms with Gasteiger partial charge in [-0.25, -0.2) is 0 Å². The van der Waals surface area contributed by atoms with Crippen molar-refractivity contribution in [3.63, 3.8) is 0 Å². The Labute approximate surface area is 172 Å². The molecule has 1 unspecified atom stereocenters. The first-order valence-electron chi connectivity index (χ1n) is 10.8. The summed E-state index contributed by atoms with van der Waals surface area (Å²) in [6.07, 6.45) is 9.82. The third kappa shape index (κ3) is 3.89. The lowest BCUT2D eigenvalue weighted by atomic mass is 9.48. The lowest BCUT2D eigenvalue weighted by Gasteiger charge is -2.59. The highest BCUT2D eigenvalue weighted by Crippen LogP contribution is 2.61. The normalized spacial score (nSPS) is 32.5. The maximum atomic E-state index is 6.06. The number of hydrogen-bond donors (Lipinski definition) is 1. The van der Waals surface area contributed by atoms with Crippen molar-refractivity contribution in [3.05, 3.63) is 22.2 Å². The van der Waals surface area contributed by atoms with E-state index in [4.69, 9.17) is 9.47 Å². The van der Waals surface area contributed by atoms with Gasteiger partial charge in [-0.1, -0.05) is 22.9 Å². The molecule has 0 aromatic heterocycles. The van der Waals surface area contributed by atoms with Crippen LogP contribution < -0.4 is 14.8 Å². The molecule has 3 nitrogen and oxygen atoms in total. The summed E-state index contributed by atoms with van der Waals surface area (Å²) in [6.45, 7) is 6.11. The maximum absolute atomic E-state index is 6.06. The Bertz CT molecular complexity index is 639.